The van der Waals surface area contributed by atoms with Crippen LogP contribution in [-0.4, -0.2) is 42.6 Å². The van der Waals surface area contributed by atoms with Crippen LogP contribution in [0.5, 0.6) is 0 Å². The number of pyridine rings is 1. The van der Waals surface area contributed by atoms with Crippen molar-refractivity contribution in [2.45, 2.75) is 31.7 Å². The number of halogens is 1. The minimum absolute atomic E-state index is 0.261. The van der Waals surface area contributed by atoms with Crippen LogP contribution in [-0.2, 0) is 10.0 Å². The van der Waals surface area contributed by atoms with E-state index in [0.29, 0.717) is 29.8 Å². The van der Waals surface area contributed by atoms with Crippen molar-refractivity contribution in [1.82, 2.24) is 9.29 Å². The number of nitrogens with zero attached hydrogens (tertiary/aromatic N) is 2. The Balaban J connectivity index is 1.54. The molecule has 0 radical (unpaired) electrons. The maximum absolute atomic E-state index is 12.2. The second-order valence-electron chi connectivity index (χ2n) is 5.90. The lowest BCUT2D eigenvalue weighted by molar-refractivity contribution is 0.329. The van der Waals surface area contributed by atoms with Crippen LogP contribution in [0.4, 0.5) is 5.69 Å². The van der Waals surface area contributed by atoms with E-state index in [1.54, 1.807) is 16.7 Å². The molecule has 0 spiro atoms. The Morgan fingerprint density at radius 1 is 1.29 bits per heavy atom. The number of aromatic nitrogens is 1. The fourth-order valence-electron chi connectivity index (χ4n) is 2.68. The topological polar surface area (TPSA) is 62.3 Å². The van der Waals surface area contributed by atoms with Crippen molar-refractivity contribution in [1.29, 1.82) is 0 Å². The first-order valence-electron chi connectivity index (χ1n) is 7.38. The van der Waals surface area contributed by atoms with Crippen LogP contribution >= 0.6 is 11.6 Å². The summed E-state index contributed by atoms with van der Waals surface area (Å²) in [6, 6.07) is 2.11. The first-order chi connectivity index (χ1) is 10.0. The Hall–Kier alpha value is -0.850. The standard InChI is InChI=1S/C14H20ClN3O2S/c15-13-9-16-6-3-14(13)17-12-4-7-18(8-5-12)21(19,20)10-11-1-2-11/h3,6,9,11-12H,1-2,4-5,7-8,10H2,(H,16,17). The molecule has 1 saturated carbocycles. The molecule has 21 heavy (non-hydrogen) atoms. The van der Waals surface area contributed by atoms with Gasteiger partial charge in [-0.25, -0.2) is 12.7 Å². The van der Waals surface area contributed by atoms with Gasteiger partial charge in [0.15, 0.2) is 0 Å². The van der Waals surface area contributed by atoms with Crippen LogP contribution in [0.15, 0.2) is 18.5 Å². The molecule has 0 unspecified atom stereocenters. The van der Waals surface area contributed by atoms with Gasteiger partial charge in [-0.05, 0) is 37.7 Å². The van der Waals surface area contributed by atoms with Crippen molar-refractivity contribution >= 4 is 27.3 Å². The summed E-state index contributed by atoms with van der Waals surface area (Å²) >= 11 is 6.08. The van der Waals surface area contributed by atoms with Crippen molar-refractivity contribution < 1.29 is 8.42 Å². The number of nitrogens with one attached hydrogen (secondary N) is 1. The highest BCUT2D eigenvalue weighted by Gasteiger charge is 2.33. The van der Waals surface area contributed by atoms with Crippen molar-refractivity contribution in [3.8, 4) is 0 Å². The normalized spacial score (nSPS) is 21.4. The Morgan fingerprint density at radius 3 is 2.62 bits per heavy atom. The Kier molecular flexibility index (Phi) is 4.38. The van der Waals surface area contributed by atoms with Gasteiger partial charge in [-0.1, -0.05) is 11.6 Å². The van der Waals surface area contributed by atoms with Gasteiger partial charge >= 0.3 is 0 Å². The zero-order valence-electron chi connectivity index (χ0n) is 11.8. The molecule has 1 aliphatic carbocycles. The molecule has 3 rings (SSSR count). The number of hydrogen-bond acceptors (Lipinski definition) is 4. The quantitative estimate of drug-likeness (QED) is 0.900. The van der Waals surface area contributed by atoms with Crippen LogP contribution in [0.3, 0.4) is 0 Å². The number of hydrogen-bond donors (Lipinski definition) is 1. The number of piperidine rings is 1. The summed E-state index contributed by atoms with van der Waals surface area (Å²) in [4.78, 5) is 3.96. The second kappa shape index (κ2) is 6.10. The van der Waals surface area contributed by atoms with E-state index >= 15 is 0 Å². The minimum atomic E-state index is -3.06. The summed E-state index contributed by atoms with van der Waals surface area (Å²) in [6.07, 6.45) is 7.06. The third-order valence-electron chi connectivity index (χ3n) is 4.12. The molecule has 0 atom stereocenters. The predicted octanol–water partition coefficient (Wildman–Crippen LogP) is 2.35. The van der Waals surface area contributed by atoms with Crippen LogP contribution in [0.2, 0.25) is 5.02 Å². The lowest BCUT2D eigenvalue weighted by Gasteiger charge is -2.32. The first kappa shape index (κ1) is 15.1. The van der Waals surface area contributed by atoms with Gasteiger partial charge in [-0.2, -0.15) is 0 Å². The van der Waals surface area contributed by atoms with Gasteiger partial charge in [0.1, 0.15) is 0 Å². The third-order valence-corrected chi connectivity index (χ3v) is 6.47. The Morgan fingerprint density at radius 2 is 2.00 bits per heavy atom. The van der Waals surface area contributed by atoms with E-state index in [0.717, 1.165) is 31.4 Å². The second-order valence-corrected chi connectivity index (χ2v) is 8.32. The Bertz CT molecular complexity index is 596. The molecule has 1 saturated heterocycles. The molecule has 0 amide bonds. The van der Waals surface area contributed by atoms with Crippen LogP contribution < -0.4 is 5.32 Å². The zero-order valence-corrected chi connectivity index (χ0v) is 13.4. The lowest BCUT2D eigenvalue weighted by atomic mass is 10.1. The summed E-state index contributed by atoms with van der Waals surface area (Å²) in [5, 5.41) is 3.98. The predicted molar refractivity (Wildman–Crippen MR) is 84.0 cm³/mol. The highest BCUT2D eigenvalue weighted by molar-refractivity contribution is 7.89. The van der Waals surface area contributed by atoms with Gasteiger partial charge in [-0.3, -0.25) is 4.98 Å². The summed E-state index contributed by atoms with van der Waals surface area (Å²) < 4.78 is 26.1. The van der Waals surface area contributed by atoms with Crippen LogP contribution in [0.25, 0.3) is 0 Å². The molecule has 116 valence electrons. The monoisotopic (exact) mass is 329 g/mol. The largest absolute Gasteiger partial charge is 0.381 e. The van der Waals surface area contributed by atoms with Crippen LogP contribution in [0, 0.1) is 5.92 Å². The zero-order chi connectivity index (χ0) is 14.9. The molecule has 2 aliphatic rings. The average molecular weight is 330 g/mol. The van der Waals surface area contributed by atoms with Crippen molar-refractivity contribution in [3.05, 3.63) is 23.5 Å². The first-order valence-corrected chi connectivity index (χ1v) is 9.37. The van der Waals surface area contributed by atoms with E-state index in [9.17, 15) is 8.42 Å². The third kappa shape index (κ3) is 3.87. The fraction of sp³-hybridized carbons (Fsp3) is 0.643. The molecule has 0 aromatic carbocycles. The van der Waals surface area contributed by atoms with Crippen molar-refractivity contribution in [2.75, 3.05) is 24.2 Å². The fourth-order valence-corrected chi connectivity index (χ4v) is 4.76. The molecule has 1 aliphatic heterocycles. The van der Waals surface area contributed by atoms with Crippen molar-refractivity contribution in [2.24, 2.45) is 5.92 Å². The van der Waals surface area contributed by atoms with Gasteiger partial charge in [0, 0.05) is 31.5 Å². The lowest BCUT2D eigenvalue weighted by Crippen LogP contribution is -2.43. The van der Waals surface area contributed by atoms with E-state index < -0.39 is 10.0 Å². The highest BCUT2D eigenvalue weighted by Crippen LogP contribution is 2.32. The van der Waals surface area contributed by atoms with Gasteiger partial charge in [0.25, 0.3) is 0 Å². The Labute approximate surface area is 130 Å². The molecule has 2 heterocycles. The SMILES string of the molecule is O=S(=O)(CC1CC1)N1CCC(Nc2ccncc2Cl)CC1. The van der Waals surface area contributed by atoms with E-state index in [1.807, 2.05) is 6.07 Å². The van der Waals surface area contributed by atoms with Crippen LogP contribution in [0.1, 0.15) is 25.7 Å². The molecule has 1 aromatic rings. The molecule has 5 nitrogen and oxygen atoms in total. The number of rotatable bonds is 5. The van der Waals surface area contributed by atoms with E-state index in [2.05, 4.69) is 10.3 Å². The van der Waals surface area contributed by atoms with Gasteiger partial charge < -0.3 is 5.32 Å². The minimum Gasteiger partial charge on any atom is -0.381 e. The molecular weight excluding hydrogens is 310 g/mol. The molecule has 0 bridgehead atoms. The molecule has 1 N–H and O–H groups in total. The molecule has 7 heteroatoms. The maximum Gasteiger partial charge on any atom is 0.214 e. The molecule has 1 aromatic heterocycles. The van der Waals surface area contributed by atoms with E-state index in [1.165, 1.54) is 0 Å². The average Bonchev–Trinajstić information content (AvgIpc) is 3.25. The van der Waals surface area contributed by atoms with Gasteiger partial charge in [-0.15, -0.1) is 0 Å². The number of anilines is 1. The smallest absolute Gasteiger partial charge is 0.214 e. The maximum atomic E-state index is 12.2. The van der Waals surface area contributed by atoms with E-state index in [4.69, 9.17) is 11.6 Å². The summed E-state index contributed by atoms with van der Waals surface area (Å²) in [7, 11) is -3.06. The summed E-state index contributed by atoms with van der Waals surface area (Å²) in [5.41, 5.74) is 0.867. The molecular formula is C14H20ClN3O2S. The summed E-state index contributed by atoms with van der Waals surface area (Å²) in [6.45, 7) is 1.19. The van der Waals surface area contributed by atoms with Gasteiger partial charge in [0.05, 0.1) is 16.5 Å². The molecule has 2 fully saturated rings. The number of sulfonamides is 1. The van der Waals surface area contributed by atoms with E-state index in [-0.39, 0.29) is 6.04 Å². The highest BCUT2D eigenvalue weighted by atomic mass is 35.5. The van der Waals surface area contributed by atoms with Crippen molar-refractivity contribution in [3.63, 3.8) is 0 Å². The summed E-state index contributed by atoms with van der Waals surface area (Å²) in [5.74, 6) is 0.739. The van der Waals surface area contributed by atoms with Gasteiger partial charge in [0.2, 0.25) is 10.0 Å².